The number of esters is 1. The van der Waals surface area contributed by atoms with E-state index in [2.05, 4.69) is 6.92 Å². The van der Waals surface area contributed by atoms with Gasteiger partial charge < -0.3 is 14.6 Å². The van der Waals surface area contributed by atoms with Crippen molar-refractivity contribution in [2.45, 2.75) is 70.4 Å². The van der Waals surface area contributed by atoms with Gasteiger partial charge in [0.15, 0.2) is 0 Å². The number of aliphatic hydroxyl groups excluding tert-OH is 1. The molecule has 3 aliphatic rings. The molecule has 4 nitrogen and oxygen atoms in total. The van der Waals surface area contributed by atoms with Crippen molar-refractivity contribution in [2.24, 2.45) is 17.8 Å². The Balaban J connectivity index is 1.96. The molecule has 3 rings (SSSR count). The lowest BCUT2D eigenvalue weighted by Gasteiger charge is -2.36. The molecule has 7 atom stereocenters. The van der Waals surface area contributed by atoms with Gasteiger partial charge in [0.2, 0.25) is 0 Å². The first-order valence-corrected chi connectivity index (χ1v) is 7.49. The molecule has 4 heteroatoms. The Kier molecular flexibility index (Phi) is 3.13. The van der Waals surface area contributed by atoms with Crippen molar-refractivity contribution in [1.29, 1.82) is 0 Å². The Morgan fingerprint density at radius 3 is 2.84 bits per heavy atom. The summed E-state index contributed by atoms with van der Waals surface area (Å²) in [5.41, 5.74) is -0.570. The molecule has 2 bridgehead atoms. The minimum absolute atomic E-state index is 0.0925. The zero-order valence-electron chi connectivity index (χ0n) is 12.0. The highest BCUT2D eigenvalue weighted by Crippen LogP contribution is 2.46. The Bertz CT molecular complexity index is 382. The number of hydrogen-bond donors (Lipinski definition) is 1. The van der Waals surface area contributed by atoms with Crippen LogP contribution in [0.3, 0.4) is 0 Å². The molecule has 1 N–H and O–H groups in total. The summed E-state index contributed by atoms with van der Waals surface area (Å²) in [6.45, 7) is 6.10. The number of ether oxygens (including phenoxy) is 2. The topological polar surface area (TPSA) is 55.8 Å². The molecular weight excluding hydrogens is 244 g/mol. The SMILES string of the molecule is CC1CCCC2(C)OC1CC1C(C)C(=O)OC1C2O. The van der Waals surface area contributed by atoms with E-state index in [-0.39, 0.29) is 30.0 Å². The summed E-state index contributed by atoms with van der Waals surface area (Å²) in [4.78, 5) is 11.8. The third kappa shape index (κ3) is 2.00. The van der Waals surface area contributed by atoms with Crippen LogP contribution in [0.25, 0.3) is 0 Å². The summed E-state index contributed by atoms with van der Waals surface area (Å²) in [5.74, 6) is 0.286. The summed E-state index contributed by atoms with van der Waals surface area (Å²) < 4.78 is 11.7. The van der Waals surface area contributed by atoms with E-state index >= 15 is 0 Å². The van der Waals surface area contributed by atoms with Gasteiger partial charge in [-0.15, -0.1) is 0 Å². The van der Waals surface area contributed by atoms with Gasteiger partial charge in [0.1, 0.15) is 12.2 Å². The first-order valence-electron chi connectivity index (χ1n) is 7.49. The molecule has 0 aromatic rings. The number of carbonyl (C=O) groups excluding carboxylic acids is 1. The molecule has 0 aromatic heterocycles. The van der Waals surface area contributed by atoms with Gasteiger partial charge in [-0.3, -0.25) is 4.79 Å². The van der Waals surface area contributed by atoms with E-state index < -0.39 is 11.7 Å². The molecule has 0 saturated carbocycles. The highest BCUT2D eigenvalue weighted by molar-refractivity contribution is 5.75. The maximum absolute atomic E-state index is 11.8. The molecule has 3 saturated heterocycles. The fourth-order valence-corrected chi connectivity index (χ4v) is 4.02. The second-order valence-electron chi connectivity index (χ2n) is 6.87. The second-order valence-corrected chi connectivity index (χ2v) is 6.87. The molecule has 0 amide bonds. The monoisotopic (exact) mass is 268 g/mol. The Morgan fingerprint density at radius 2 is 2.11 bits per heavy atom. The molecule has 7 unspecified atom stereocenters. The van der Waals surface area contributed by atoms with Crippen molar-refractivity contribution in [3.05, 3.63) is 0 Å². The van der Waals surface area contributed by atoms with Gasteiger partial charge >= 0.3 is 5.97 Å². The van der Waals surface area contributed by atoms with Crippen molar-refractivity contribution in [1.82, 2.24) is 0 Å². The summed E-state index contributed by atoms with van der Waals surface area (Å²) in [6, 6.07) is 0. The number of carbonyl (C=O) groups is 1. The molecule has 3 aliphatic heterocycles. The van der Waals surface area contributed by atoms with Gasteiger partial charge in [-0.1, -0.05) is 20.3 Å². The minimum atomic E-state index is -0.707. The number of aliphatic hydroxyl groups is 1. The van der Waals surface area contributed by atoms with Crippen LogP contribution in [0.5, 0.6) is 0 Å². The predicted molar refractivity (Wildman–Crippen MR) is 69.5 cm³/mol. The smallest absolute Gasteiger partial charge is 0.309 e. The van der Waals surface area contributed by atoms with Gasteiger partial charge in [0, 0.05) is 5.92 Å². The van der Waals surface area contributed by atoms with E-state index in [9.17, 15) is 9.90 Å². The molecule has 3 heterocycles. The van der Waals surface area contributed by atoms with E-state index in [1.807, 2.05) is 13.8 Å². The maximum Gasteiger partial charge on any atom is 0.309 e. The van der Waals surface area contributed by atoms with Gasteiger partial charge in [0.25, 0.3) is 0 Å². The first-order chi connectivity index (χ1) is 8.92. The van der Waals surface area contributed by atoms with Crippen molar-refractivity contribution < 1.29 is 19.4 Å². The lowest BCUT2D eigenvalue weighted by Crippen LogP contribution is -2.49. The number of fused-ring (bicyclic) bond motifs is 3. The average molecular weight is 268 g/mol. The largest absolute Gasteiger partial charge is 0.459 e. The summed E-state index contributed by atoms with van der Waals surface area (Å²) in [5, 5.41) is 10.7. The van der Waals surface area contributed by atoms with Crippen LogP contribution in [0.1, 0.15) is 46.5 Å². The van der Waals surface area contributed by atoms with Crippen LogP contribution in [0.2, 0.25) is 0 Å². The molecule has 3 fully saturated rings. The van der Waals surface area contributed by atoms with Crippen molar-refractivity contribution in [2.75, 3.05) is 0 Å². The predicted octanol–water partition coefficient (Wildman–Crippen LogP) is 1.89. The van der Waals surface area contributed by atoms with E-state index in [1.54, 1.807) is 0 Å². The Hall–Kier alpha value is -0.610. The van der Waals surface area contributed by atoms with Crippen LogP contribution in [-0.2, 0) is 14.3 Å². The highest BCUT2D eigenvalue weighted by atomic mass is 16.6. The third-order valence-electron chi connectivity index (χ3n) is 5.52. The van der Waals surface area contributed by atoms with Crippen LogP contribution in [-0.4, -0.2) is 35.0 Å². The molecule has 108 valence electrons. The first kappa shape index (κ1) is 13.4. The normalized spacial score (nSPS) is 54.0. The van der Waals surface area contributed by atoms with Gasteiger partial charge in [0.05, 0.1) is 17.6 Å². The zero-order valence-corrected chi connectivity index (χ0v) is 12.0. The van der Waals surface area contributed by atoms with Crippen LogP contribution >= 0.6 is 0 Å². The van der Waals surface area contributed by atoms with Gasteiger partial charge in [-0.05, 0) is 32.1 Å². The molecule has 0 aromatic carbocycles. The lowest BCUT2D eigenvalue weighted by atomic mass is 9.78. The summed E-state index contributed by atoms with van der Waals surface area (Å²) in [6.07, 6.45) is 2.90. The van der Waals surface area contributed by atoms with Crippen molar-refractivity contribution >= 4 is 5.97 Å². The number of rotatable bonds is 0. The molecule has 0 aliphatic carbocycles. The zero-order chi connectivity index (χ0) is 13.8. The van der Waals surface area contributed by atoms with E-state index in [0.29, 0.717) is 5.92 Å². The van der Waals surface area contributed by atoms with Crippen LogP contribution in [0.15, 0.2) is 0 Å². The van der Waals surface area contributed by atoms with Gasteiger partial charge in [-0.2, -0.15) is 0 Å². The van der Waals surface area contributed by atoms with Crippen molar-refractivity contribution in [3.63, 3.8) is 0 Å². The molecule has 0 radical (unpaired) electrons. The minimum Gasteiger partial charge on any atom is -0.459 e. The molecule has 19 heavy (non-hydrogen) atoms. The second kappa shape index (κ2) is 4.45. The number of hydrogen-bond acceptors (Lipinski definition) is 4. The van der Waals surface area contributed by atoms with E-state index in [0.717, 1.165) is 25.7 Å². The van der Waals surface area contributed by atoms with Crippen LogP contribution in [0, 0.1) is 17.8 Å². The van der Waals surface area contributed by atoms with Gasteiger partial charge in [-0.25, -0.2) is 0 Å². The van der Waals surface area contributed by atoms with E-state index in [1.165, 1.54) is 0 Å². The molecular formula is C15H24O4. The molecule has 0 spiro atoms. The fraction of sp³-hybridized carbons (Fsp3) is 0.933. The third-order valence-corrected chi connectivity index (χ3v) is 5.52. The van der Waals surface area contributed by atoms with E-state index in [4.69, 9.17) is 9.47 Å². The maximum atomic E-state index is 11.8. The Labute approximate surface area is 114 Å². The van der Waals surface area contributed by atoms with Crippen LogP contribution < -0.4 is 0 Å². The standard InChI is InChI=1S/C15H24O4/c1-8-5-4-6-15(3)13(16)12-10(7-11(8)19-15)9(2)14(17)18-12/h8-13,16H,4-7H2,1-3H3. The Morgan fingerprint density at radius 1 is 1.37 bits per heavy atom. The van der Waals surface area contributed by atoms with Crippen LogP contribution in [0.4, 0.5) is 0 Å². The quantitative estimate of drug-likeness (QED) is 0.682. The van der Waals surface area contributed by atoms with Crippen molar-refractivity contribution in [3.8, 4) is 0 Å². The fourth-order valence-electron chi connectivity index (χ4n) is 4.02. The lowest BCUT2D eigenvalue weighted by molar-refractivity contribution is -0.174. The highest BCUT2D eigenvalue weighted by Gasteiger charge is 2.56. The summed E-state index contributed by atoms with van der Waals surface area (Å²) >= 11 is 0. The summed E-state index contributed by atoms with van der Waals surface area (Å²) in [7, 11) is 0. The average Bonchev–Trinajstić information content (AvgIpc) is 2.49.